The van der Waals surface area contributed by atoms with E-state index in [1.807, 2.05) is 36.4 Å². The van der Waals surface area contributed by atoms with Gasteiger partial charge < -0.3 is 10.4 Å². The Morgan fingerprint density at radius 2 is 1.38 bits per heavy atom. The first-order valence-corrected chi connectivity index (χ1v) is 7.44. The molecule has 3 rings (SSSR count). The maximum absolute atomic E-state index is 12.3. The van der Waals surface area contributed by atoms with Crippen LogP contribution in [0.4, 0.5) is 5.69 Å². The zero-order valence-corrected chi connectivity index (χ0v) is 12.8. The number of carboxylic acids is 1. The summed E-state index contributed by atoms with van der Waals surface area (Å²) in [5.41, 5.74) is 2.59. The molecule has 0 bridgehead atoms. The third kappa shape index (κ3) is 3.33. The molecule has 0 saturated carbocycles. The zero-order chi connectivity index (χ0) is 16.9. The molecule has 0 aliphatic carbocycles. The minimum absolute atomic E-state index is 0.0546. The van der Waals surface area contributed by atoms with E-state index in [1.54, 1.807) is 36.4 Å². The summed E-state index contributed by atoms with van der Waals surface area (Å²) in [6.07, 6.45) is 0. The van der Waals surface area contributed by atoms with E-state index in [4.69, 9.17) is 0 Å². The summed E-state index contributed by atoms with van der Waals surface area (Å²) in [6.45, 7) is 0. The van der Waals surface area contributed by atoms with Gasteiger partial charge in [-0.15, -0.1) is 0 Å². The molecule has 0 unspecified atom stereocenters. The zero-order valence-electron chi connectivity index (χ0n) is 12.8. The van der Waals surface area contributed by atoms with Crippen molar-refractivity contribution in [1.29, 1.82) is 0 Å². The molecule has 4 heteroatoms. The van der Waals surface area contributed by atoms with Gasteiger partial charge in [-0.25, -0.2) is 4.79 Å². The van der Waals surface area contributed by atoms with Crippen molar-refractivity contribution in [2.24, 2.45) is 0 Å². The van der Waals surface area contributed by atoms with Crippen LogP contribution < -0.4 is 5.32 Å². The highest BCUT2D eigenvalue weighted by atomic mass is 16.4. The Hall–Kier alpha value is -3.40. The average Bonchev–Trinajstić information content (AvgIpc) is 2.63. The SMILES string of the molecule is O=C(Nc1cc(-c2ccccc2)ccc1C(=O)O)c1ccccc1. The fraction of sp³-hybridized carbons (Fsp3) is 0. The summed E-state index contributed by atoms with van der Waals surface area (Å²) in [4.78, 5) is 23.8. The molecular formula is C20H15NO3. The smallest absolute Gasteiger partial charge is 0.337 e. The highest BCUT2D eigenvalue weighted by Gasteiger charge is 2.14. The number of rotatable bonds is 4. The Morgan fingerprint density at radius 3 is 2.00 bits per heavy atom. The normalized spacial score (nSPS) is 10.2. The molecule has 4 nitrogen and oxygen atoms in total. The van der Waals surface area contributed by atoms with Gasteiger partial charge in [-0.05, 0) is 35.4 Å². The van der Waals surface area contributed by atoms with E-state index >= 15 is 0 Å². The molecule has 3 aromatic carbocycles. The molecule has 0 aliphatic heterocycles. The standard InChI is InChI=1S/C20H15NO3/c22-19(15-9-5-2-6-10-15)21-18-13-16(11-12-17(18)20(23)24)14-7-3-1-4-8-14/h1-13H,(H,21,22)(H,23,24). The third-order valence-corrected chi connectivity index (χ3v) is 3.64. The largest absolute Gasteiger partial charge is 0.478 e. The number of hydrogen-bond donors (Lipinski definition) is 2. The summed E-state index contributed by atoms with van der Waals surface area (Å²) in [5.74, 6) is -1.43. The lowest BCUT2D eigenvalue weighted by molar-refractivity contribution is 0.0698. The van der Waals surface area contributed by atoms with Crippen molar-refractivity contribution in [3.05, 3.63) is 90.0 Å². The second-order valence-electron chi connectivity index (χ2n) is 5.25. The van der Waals surface area contributed by atoms with Gasteiger partial charge in [0.25, 0.3) is 5.91 Å². The predicted molar refractivity (Wildman–Crippen MR) is 93.2 cm³/mol. The van der Waals surface area contributed by atoms with E-state index in [9.17, 15) is 14.7 Å². The summed E-state index contributed by atoms with van der Waals surface area (Å²) in [7, 11) is 0. The first-order valence-electron chi connectivity index (χ1n) is 7.44. The van der Waals surface area contributed by atoms with E-state index in [2.05, 4.69) is 5.32 Å². The third-order valence-electron chi connectivity index (χ3n) is 3.64. The number of hydrogen-bond acceptors (Lipinski definition) is 2. The number of amides is 1. The molecule has 0 atom stereocenters. The number of carbonyl (C=O) groups is 2. The van der Waals surface area contributed by atoms with Gasteiger partial charge in [0.05, 0.1) is 11.3 Å². The number of carbonyl (C=O) groups excluding carboxylic acids is 1. The van der Waals surface area contributed by atoms with Crippen molar-refractivity contribution >= 4 is 17.6 Å². The Labute approximate surface area is 139 Å². The highest BCUT2D eigenvalue weighted by Crippen LogP contribution is 2.26. The number of anilines is 1. The maximum atomic E-state index is 12.3. The van der Waals surface area contributed by atoms with Crippen LogP contribution in [0.3, 0.4) is 0 Å². The number of nitrogens with one attached hydrogen (secondary N) is 1. The van der Waals surface area contributed by atoms with Gasteiger partial charge in [0, 0.05) is 5.56 Å². The molecule has 2 N–H and O–H groups in total. The van der Waals surface area contributed by atoms with Crippen molar-refractivity contribution in [3.8, 4) is 11.1 Å². The van der Waals surface area contributed by atoms with Gasteiger partial charge in [-0.1, -0.05) is 54.6 Å². The lowest BCUT2D eigenvalue weighted by atomic mass is 10.0. The molecule has 24 heavy (non-hydrogen) atoms. The van der Waals surface area contributed by atoms with Crippen LogP contribution in [0.5, 0.6) is 0 Å². The molecule has 118 valence electrons. The fourth-order valence-corrected chi connectivity index (χ4v) is 2.43. The number of carboxylic acid groups (broad SMARTS) is 1. The second kappa shape index (κ2) is 6.79. The van der Waals surface area contributed by atoms with Crippen LogP contribution in [0.2, 0.25) is 0 Å². The van der Waals surface area contributed by atoms with Crippen molar-refractivity contribution in [1.82, 2.24) is 0 Å². The molecule has 0 fully saturated rings. The van der Waals surface area contributed by atoms with E-state index in [1.165, 1.54) is 6.07 Å². The lowest BCUT2D eigenvalue weighted by Gasteiger charge is -2.11. The van der Waals surface area contributed by atoms with Crippen LogP contribution >= 0.6 is 0 Å². The number of aromatic carboxylic acids is 1. The Balaban J connectivity index is 1.98. The topological polar surface area (TPSA) is 66.4 Å². The monoisotopic (exact) mass is 317 g/mol. The quantitative estimate of drug-likeness (QED) is 0.754. The maximum Gasteiger partial charge on any atom is 0.337 e. The van der Waals surface area contributed by atoms with Crippen molar-refractivity contribution in [3.63, 3.8) is 0 Å². The van der Waals surface area contributed by atoms with E-state index < -0.39 is 5.97 Å². The van der Waals surface area contributed by atoms with Crippen molar-refractivity contribution in [2.75, 3.05) is 5.32 Å². The van der Waals surface area contributed by atoms with Gasteiger partial charge >= 0.3 is 5.97 Å². The summed E-state index contributed by atoms with van der Waals surface area (Å²) >= 11 is 0. The summed E-state index contributed by atoms with van der Waals surface area (Å²) in [6, 6.07) is 23.2. The van der Waals surface area contributed by atoms with Crippen molar-refractivity contribution in [2.45, 2.75) is 0 Å². The van der Waals surface area contributed by atoms with Crippen LogP contribution in [-0.2, 0) is 0 Å². The summed E-state index contributed by atoms with van der Waals surface area (Å²) < 4.78 is 0. The molecule has 1 amide bonds. The van der Waals surface area contributed by atoms with Gasteiger partial charge in [-0.3, -0.25) is 4.79 Å². The first kappa shape index (κ1) is 15.5. The van der Waals surface area contributed by atoms with Gasteiger partial charge in [0.1, 0.15) is 0 Å². The molecule has 0 radical (unpaired) electrons. The van der Waals surface area contributed by atoms with Crippen LogP contribution in [0.15, 0.2) is 78.9 Å². The van der Waals surface area contributed by atoms with Crippen molar-refractivity contribution < 1.29 is 14.7 Å². The van der Waals surface area contributed by atoms with Gasteiger partial charge in [-0.2, -0.15) is 0 Å². The molecule has 0 saturated heterocycles. The van der Waals surface area contributed by atoms with E-state index in [0.717, 1.165) is 11.1 Å². The lowest BCUT2D eigenvalue weighted by Crippen LogP contribution is -2.14. The number of benzene rings is 3. The molecule has 0 aliphatic rings. The van der Waals surface area contributed by atoms with E-state index in [0.29, 0.717) is 5.56 Å². The minimum atomic E-state index is -1.09. The Bertz CT molecular complexity index is 874. The molecular weight excluding hydrogens is 302 g/mol. The fourth-order valence-electron chi connectivity index (χ4n) is 2.43. The average molecular weight is 317 g/mol. The van der Waals surface area contributed by atoms with Crippen LogP contribution in [-0.4, -0.2) is 17.0 Å². The van der Waals surface area contributed by atoms with Gasteiger partial charge in [0.15, 0.2) is 0 Å². The predicted octanol–water partition coefficient (Wildman–Crippen LogP) is 4.30. The Morgan fingerprint density at radius 1 is 0.750 bits per heavy atom. The molecule has 3 aromatic rings. The molecule has 0 spiro atoms. The van der Waals surface area contributed by atoms with Crippen LogP contribution in [0.25, 0.3) is 11.1 Å². The Kier molecular flexibility index (Phi) is 4.38. The molecule has 0 aromatic heterocycles. The van der Waals surface area contributed by atoms with E-state index in [-0.39, 0.29) is 17.2 Å². The van der Waals surface area contributed by atoms with Crippen LogP contribution in [0, 0.1) is 0 Å². The molecule has 0 heterocycles. The highest BCUT2D eigenvalue weighted by molar-refractivity contribution is 6.08. The minimum Gasteiger partial charge on any atom is -0.478 e. The second-order valence-corrected chi connectivity index (χ2v) is 5.25. The first-order chi connectivity index (χ1) is 11.6. The van der Waals surface area contributed by atoms with Gasteiger partial charge in [0.2, 0.25) is 0 Å². The van der Waals surface area contributed by atoms with Crippen LogP contribution in [0.1, 0.15) is 20.7 Å². The summed E-state index contributed by atoms with van der Waals surface area (Å²) in [5, 5.41) is 12.1.